The van der Waals surface area contributed by atoms with E-state index in [9.17, 15) is 9.90 Å². The third-order valence-electron chi connectivity index (χ3n) is 3.98. The molecule has 0 aliphatic heterocycles. The molecule has 1 aliphatic carbocycles. The summed E-state index contributed by atoms with van der Waals surface area (Å²) in [5.41, 5.74) is 0.841. The molecule has 2 heterocycles. The summed E-state index contributed by atoms with van der Waals surface area (Å²) in [5.74, 6) is 0.188. The van der Waals surface area contributed by atoms with Crippen molar-refractivity contribution in [3.8, 4) is 0 Å². The molecule has 1 amide bonds. The van der Waals surface area contributed by atoms with Crippen LogP contribution < -0.4 is 5.32 Å². The molecule has 7 nitrogen and oxygen atoms in total. The Hall–Kier alpha value is -2.28. The van der Waals surface area contributed by atoms with Crippen LogP contribution in [-0.2, 0) is 11.3 Å². The molecule has 22 heavy (non-hydrogen) atoms. The van der Waals surface area contributed by atoms with E-state index in [-0.39, 0.29) is 24.0 Å². The van der Waals surface area contributed by atoms with E-state index in [4.69, 9.17) is 0 Å². The molecule has 0 unspecified atom stereocenters. The predicted molar refractivity (Wildman–Crippen MR) is 78.5 cm³/mol. The first-order valence-electron chi connectivity index (χ1n) is 7.43. The summed E-state index contributed by atoms with van der Waals surface area (Å²) in [6, 6.07) is 5.52. The monoisotopic (exact) mass is 301 g/mol. The quantitative estimate of drug-likeness (QED) is 0.819. The second-order valence-electron chi connectivity index (χ2n) is 5.59. The Bertz CT molecular complexity index is 596. The Morgan fingerprint density at radius 2 is 2.32 bits per heavy atom. The minimum absolute atomic E-state index is 0.0486. The fourth-order valence-corrected chi connectivity index (χ4v) is 2.71. The van der Waals surface area contributed by atoms with Gasteiger partial charge in [0.2, 0.25) is 5.91 Å². The molecule has 1 aliphatic rings. The van der Waals surface area contributed by atoms with Crippen molar-refractivity contribution >= 4 is 5.91 Å². The highest BCUT2D eigenvalue weighted by Crippen LogP contribution is 2.37. The fourth-order valence-electron chi connectivity index (χ4n) is 2.71. The number of pyridine rings is 1. The minimum Gasteiger partial charge on any atom is -0.393 e. The third-order valence-corrected chi connectivity index (χ3v) is 3.98. The Labute approximate surface area is 128 Å². The maximum atomic E-state index is 12.2. The number of hydrogen-bond acceptors (Lipinski definition) is 5. The van der Waals surface area contributed by atoms with Gasteiger partial charge in [-0.05, 0) is 30.9 Å². The van der Waals surface area contributed by atoms with Gasteiger partial charge in [0.25, 0.3) is 0 Å². The molecule has 2 N–H and O–H groups in total. The molecule has 3 rings (SSSR count). The van der Waals surface area contributed by atoms with Crippen molar-refractivity contribution in [2.24, 2.45) is 5.92 Å². The van der Waals surface area contributed by atoms with Gasteiger partial charge in [0.15, 0.2) is 0 Å². The number of aryl methyl sites for hydroxylation is 1. The summed E-state index contributed by atoms with van der Waals surface area (Å²) in [7, 11) is 0. The van der Waals surface area contributed by atoms with E-state index in [0.717, 1.165) is 5.69 Å². The molecule has 2 aromatic rings. The molecule has 1 saturated carbocycles. The zero-order valence-corrected chi connectivity index (χ0v) is 12.2. The molecule has 116 valence electrons. The van der Waals surface area contributed by atoms with Crippen LogP contribution in [0.25, 0.3) is 0 Å². The molecule has 0 spiro atoms. The Kier molecular flexibility index (Phi) is 4.43. The average Bonchev–Trinajstić information content (AvgIpc) is 3.02. The summed E-state index contributed by atoms with van der Waals surface area (Å²) in [6.45, 7) is 0.494. The number of aromatic nitrogens is 4. The number of carbonyl (C=O) groups is 1. The normalized spacial score (nSPS) is 21.9. The predicted octanol–water partition coefficient (Wildman–Crippen LogP) is 0.692. The highest BCUT2D eigenvalue weighted by molar-refractivity contribution is 5.76. The van der Waals surface area contributed by atoms with Crippen molar-refractivity contribution in [2.75, 3.05) is 0 Å². The molecule has 7 heteroatoms. The smallest absolute Gasteiger partial charge is 0.222 e. The number of nitrogens with zero attached hydrogens (tertiary/aromatic N) is 4. The first kappa shape index (κ1) is 14.6. The second-order valence-corrected chi connectivity index (χ2v) is 5.59. The van der Waals surface area contributed by atoms with Gasteiger partial charge in [0.05, 0.1) is 24.4 Å². The number of nitrogens with one attached hydrogen (secondary N) is 1. The number of hydrogen-bond donors (Lipinski definition) is 2. The highest BCUT2D eigenvalue weighted by atomic mass is 16.3. The number of carbonyl (C=O) groups excluding carboxylic acids is 1. The lowest BCUT2D eigenvalue weighted by Gasteiger charge is -2.37. The molecular formula is C15H19N5O2. The first-order chi connectivity index (χ1) is 10.7. The second kappa shape index (κ2) is 6.65. The lowest BCUT2D eigenvalue weighted by molar-refractivity contribution is -0.123. The number of aliphatic hydroxyl groups is 1. The Morgan fingerprint density at radius 3 is 2.95 bits per heavy atom. The van der Waals surface area contributed by atoms with Crippen molar-refractivity contribution in [3.05, 3.63) is 42.7 Å². The molecular weight excluding hydrogens is 282 g/mol. The van der Waals surface area contributed by atoms with Crippen molar-refractivity contribution in [3.63, 3.8) is 0 Å². The van der Waals surface area contributed by atoms with E-state index in [1.54, 1.807) is 17.2 Å². The SMILES string of the molecule is O=C(CCn1cncn1)N[C@H](c1ccccn1)C1CC(O)C1. The van der Waals surface area contributed by atoms with Crippen LogP contribution in [0.3, 0.4) is 0 Å². The Balaban J connectivity index is 1.61. The highest BCUT2D eigenvalue weighted by Gasteiger charge is 2.36. The van der Waals surface area contributed by atoms with E-state index < -0.39 is 0 Å². The summed E-state index contributed by atoms with van der Waals surface area (Å²) in [6.07, 6.45) is 6.23. The van der Waals surface area contributed by atoms with Gasteiger partial charge >= 0.3 is 0 Å². The number of rotatable bonds is 6. The Morgan fingerprint density at radius 1 is 1.45 bits per heavy atom. The van der Waals surface area contributed by atoms with Crippen LogP contribution in [-0.4, -0.2) is 36.9 Å². The number of amides is 1. The number of aliphatic hydroxyl groups excluding tert-OH is 1. The largest absolute Gasteiger partial charge is 0.393 e. The first-order valence-corrected chi connectivity index (χ1v) is 7.43. The topological polar surface area (TPSA) is 92.9 Å². The van der Waals surface area contributed by atoms with Crippen LogP contribution in [0.4, 0.5) is 0 Å². The maximum absolute atomic E-state index is 12.2. The summed E-state index contributed by atoms with van der Waals surface area (Å²) < 4.78 is 1.63. The van der Waals surface area contributed by atoms with Gasteiger partial charge in [-0.3, -0.25) is 14.5 Å². The minimum atomic E-state index is -0.261. The van der Waals surface area contributed by atoms with Crippen LogP contribution in [0.15, 0.2) is 37.1 Å². The molecule has 0 saturated heterocycles. The van der Waals surface area contributed by atoms with Crippen LogP contribution in [0.1, 0.15) is 31.0 Å². The van der Waals surface area contributed by atoms with Gasteiger partial charge in [0, 0.05) is 12.6 Å². The fraction of sp³-hybridized carbons (Fsp3) is 0.467. The van der Waals surface area contributed by atoms with Crippen molar-refractivity contribution in [1.82, 2.24) is 25.1 Å². The summed E-state index contributed by atoms with van der Waals surface area (Å²) in [5, 5.41) is 16.5. The molecule has 1 atom stereocenters. The lowest BCUT2D eigenvalue weighted by atomic mass is 9.76. The van der Waals surface area contributed by atoms with Gasteiger partial charge in [0.1, 0.15) is 12.7 Å². The molecule has 0 radical (unpaired) electrons. The molecule has 1 fully saturated rings. The molecule has 0 bridgehead atoms. The lowest BCUT2D eigenvalue weighted by Crippen LogP contribution is -2.42. The van der Waals surface area contributed by atoms with Gasteiger partial charge in [-0.25, -0.2) is 4.98 Å². The average molecular weight is 301 g/mol. The van der Waals surface area contributed by atoms with E-state index in [1.807, 2.05) is 18.2 Å². The van der Waals surface area contributed by atoms with E-state index in [0.29, 0.717) is 25.8 Å². The van der Waals surface area contributed by atoms with Crippen molar-refractivity contribution in [2.45, 2.75) is 38.0 Å². The van der Waals surface area contributed by atoms with E-state index >= 15 is 0 Å². The zero-order valence-electron chi connectivity index (χ0n) is 12.2. The van der Waals surface area contributed by atoms with Gasteiger partial charge in [-0.15, -0.1) is 0 Å². The standard InChI is InChI=1S/C15H19N5O2/c21-12-7-11(8-12)15(13-3-1-2-5-17-13)19-14(22)4-6-20-10-16-9-18-20/h1-3,5,9-12,15,21H,4,6-8H2,(H,19,22)/t11?,12?,15-/m0/s1. The van der Waals surface area contributed by atoms with Crippen molar-refractivity contribution in [1.29, 1.82) is 0 Å². The van der Waals surface area contributed by atoms with E-state index in [2.05, 4.69) is 20.4 Å². The van der Waals surface area contributed by atoms with Gasteiger partial charge in [-0.2, -0.15) is 5.10 Å². The van der Waals surface area contributed by atoms with Crippen LogP contribution in [0.2, 0.25) is 0 Å². The van der Waals surface area contributed by atoms with Gasteiger partial charge < -0.3 is 10.4 Å². The zero-order chi connectivity index (χ0) is 15.4. The van der Waals surface area contributed by atoms with Crippen molar-refractivity contribution < 1.29 is 9.90 Å². The summed E-state index contributed by atoms with van der Waals surface area (Å²) >= 11 is 0. The van der Waals surface area contributed by atoms with Crippen LogP contribution in [0.5, 0.6) is 0 Å². The molecule has 0 aromatic carbocycles. The maximum Gasteiger partial charge on any atom is 0.222 e. The van der Waals surface area contributed by atoms with Crippen LogP contribution in [0, 0.1) is 5.92 Å². The third kappa shape index (κ3) is 3.48. The van der Waals surface area contributed by atoms with Gasteiger partial charge in [-0.1, -0.05) is 6.07 Å². The summed E-state index contributed by atoms with van der Waals surface area (Å²) in [4.78, 5) is 20.4. The van der Waals surface area contributed by atoms with E-state index in [1.165, 1.54) is 6.33 Å². The van der Waals surface area contributed by atoms with Crippen LogP contribution >= 0.6 is 0 Å². The molecule has 2 aromatic heterocycles.